The SMILES string of the molecule is O=C1C(OCc2ccccc2)=CC=C2C1=Nc1c2cnc2nonc12. The number of Topliss-reactive ketones (excluding diaryl/α,β-unsaturated/α-hetero) is 1. The summed E-state index contributed by atoms with van der Waals surface area (Å²) in [4.78, 5) is 21.3. The van der Waals surface area contributed by atoms with Gasteiger partial charge in [0.15, 0.2) is 11.3 Å². The Morgan fingerprint density at radius 3 is 2.84 bits per heavy atom. The lowest BCUT2D eigenvalue weighted by Crippen LogP contribution is -2.20. The van der Waals surface area contributed by atoms with Crippen molar-refractivity contribution in [2.24, 2.45) is 4.99 Å². The van der Waals surface area contributed by atoms with E-state index in [9.17, 15) is 4.79 Å². The number of allylic oxidation sites excluding steroid dienone is 4. The first-order valence-electron chi connectivity index (χ1n) is 7.65. The Labute approximate surface area is 141 Å². The molecule has 0 fully saturated rings. The summed E-state index contributed by atoms with van der Waals surface area (Å²) in [6.45, 7) is 0.320. The number of carbonyl (C=O) groups excluding carboxylic acids is 1. The fourth-order valence-electron chi connectivity index (χ4n) is 2.88. The Morgan fingerprint density at radius 2 is 1.96 bits per heavy atom. The summed E-state index contributed by atoms with van der Waals surface area (Å²) in [6.07, 6.45) is 5.11. The molecule has 2 aliphatic rings. The number of nitrogens with zero attached hydrogens (tertiary/aromatic N) is 4. The number of aromatic nitrogens is 3. The number of fused-ring (bicyclic) bond motifs is 5. The first-order valence-corrected chi connectivity index (χ1v) is 7.65. The van der Waals surface area contributed by atoms with Crippen molar-refractivity contribution in [3.05, 3.63) is 65.6 Å². The molecule has 0 atom stereocenters. The fourth-order valence-corrected chi connectivity index (χ4v) is 2.88. The van der Waals surface area contributed by atoms with E-state index in [0.29, 0.717) is 34.7 Å². The molecule has 1 aliphatic carbocycles. The van der Waals surface area contributed by atoms with Gasteiger partial charge in [0, 0.05) is 17.3 Å². The monoisotopic (exact) mass is 330 g/mol. The molecule has 7 heteroatoms. The fraction of sp³-hybridized carbons (Fsp3) is 0.0556. The zero-order valence-electron chi connectivity index (χ0n) is 12.8. The van der Waals surface area contributed by atoms with Gasteiger partial charge in [-0.3, -0.25) is 4.79 Å². The second kappa shape index (κ2) is 5.20. The molecule has 7 nitrogen and oxygen atoms in total. The van der Waals surface area contributed by atoms with Gasteiger partial charge in [-0.15, -0.1) is 0 Å². The molecule has 1 aliphatic heterocycles. The maximum Gasteiger partial charge on any atom is 0.246 e. The van der Waals surface area contributed by atoms with Gasteiger partial charge in [0.25, 0.3) is 0 Å². The topological polar surface area (TPSA) is 90.5 Å². The molecule has 0 radical (unpaired) electrons. The summed E-state index contributed by atoms with van der Waals surface area (Å²) in [5, 5.41) is 7.53. The highest BCUT2D eigenvalue weighted by molar-refractivity contribution is 6.63. The van der Waals surface area contributed by atoms with Crippen LogP contribution in [0, 0.1) is 0 Å². The van der Waals surface area contributed by atoms with Crippen LogP contribution < -0.4 is 0 Å². The Kier molecular flexibility index (Phi) is 2.87. The van der Waals surface area contributed by atoms with Crippen molar-refractivity contribution in [1.82, 2.24) is 15.3 Å². The second-order valence-corrected chi connectivity index (χ2v) is 5.63. The molecule has 0 saturated heterocycles. The van der Waals surface area contributed by atoms with Gasteiger partial charge in [-0.05, 0) is 28.0 Å². The van der Waals surface area contributed by atoms with Gasteiger partial charge >= 0.3 is 0 Å². The number of aliphatic imine (C=N–C) groups is 1. The minimum Gasteiger partial charge on any atom is -0.485 e. The van der Waals surface area contributed by atoms with Crippen LogP contribution in [0.2, 0.25) is 0 Å². The standard InChI is InChI=1S/C18H10N4O3/c23-17-13(24-9-10-4-2-1-3-5-10)7-6-11-12-8-19-18-16(21-25-22-18)14(12)20-15(11)17/h1-8H,9H2. The van der Waals surface area contributed by atoms with Crippen molar-refractivity contribution < 1.29 is 14.2 Å². The van der Waals surface area contributed by atoms with Crippen molar-refractivity contribution in [2.45, 2.75) is 6.61 Å². The highest BCUT2D eigenvalue weighted by atomic mass is 16.6. The van der Waals surface area contributed by atoms with E-state index in [1.165, 1.54) is 0 Å². The average molecular weight is 330 g/mol. The maximum absolute atomic E-state index is 12.7. The van der Waals surface area contributed by atoms with Gasteiger partial charge in [-0.2, -0.15) is 0 Å². The lowest BCUT2D eigenvalue weighted by atomic mass is 9.96. The van der Waals surface area contributed by atoms with E-state index in [1.54, 1.807) is 12.3 Å². The number of hydrogen-bond acceptors (Lipinski definition) is 7. The molecular formula is C18H10N4O3. The molecule has 3 aromatic rings. The van der Waals surface area contributed by atoms with Gasteiger partial charge in [0.05, 0.1) is 0 Å². The number of rotatable bonds is 3. The highest BCUT2D eigenvalue weighted by Crippen LogP contribution is 2.40. The lowest BCUT2D eigenvalue weighted by Gasteiger charge is -2.13. The van der Waals surface area contributed by atoms with E-state index in [1.807, 2.05) is 36.4 Å². The zero-order chi connectivity index (χ0) is 16.8. The van der Waals surface area contributed by atoms with Crippen LogP contribution in [0.5, 0.6) is 0 Å². The third kappa shape index (κ3) is 2.09. The van der Waals surface area contributed by atoms with Crippen LogP contribution >= 0.6 is 0 Å². The van der Waals surface area contributed by atoms with E-state index < -0.39 is 0 Å². The van der Waals surface area contributed by atoms with E-state index in [4.69, 9.17) is 9.37 Å². The highest BCUT2D eigenvalue weighted by Gasteiger charge is 2.33. The summed E-state index contributed by atoms with van der Waals surface area (Å²) >= 11 is 0. The maximum atomic E-state index is 12.7. The number of pyridine rings is 1. The van der Waals surface area contributed by atoms with Crippen molar-refractivity contribution in [3.63, 3.8) is 0 Å². The third-order valence-electron chi connectivity index (χ3n) is 4.11. The Bertz CT molecular complexity index is 1110. The lowest BCUT2D eigenvalue weighted by molar-refractivity contribution is -0.113. The summed E-state index contributed by atoms with van der Waals surface area (Å²) in [7, 11) is 0. The quantitative estimate of drug-likeness (QED) is 0.686. The molecule has 2 aromatic heterocycles. The molecule has 0 unspecified atom stereocenters. The van der Waals surface area contributed by atoms with E-state index >= 15 is 0 Å². The molecule has 0 saturated carbocycles. The summed E-state index contributed by atoms with van der Waals surface area (Å²) in [5.74, 6) is 0.0101. The van der Waals surface area contributed by atoms with Crippen molar-refractivity contribution >= 4 is 33.9 Å². The predicted molar refractivity (Wildman–Crippen MR) is 89.0 cm³/mol. The normalized spacial score (nSPS) is 15.4. The van der Waals surface area contributed by atoms with E-state index in [0.717, 1.165) is 11.1 Å². The number of benzene rings is 1. The first kappa shape index (κ1) is 13.8. The van der Waals surface area contributed by atoms with Crippen molar-refractivity contribution in [2.75, 3.05) is 0 Å². The van der Waals surface area contributed by atoms with Crippen LogP contribution in [0.1, 0.15) is 11.1 Å². The number of ether oxygens (including phenoxy) is 1. The third-order valence-corrected chi connectivity index (χ3v) is 4.11. The molecule has 0 amide bonds. The van der Waals surface area contributed by atoms with Gasteiger partial charge in [-0.25, -0.2) is 14.6 Å². The predicted octanol–water partition coefficient (Wildman–Crippen LogP) is 2.77. The first-order chi connectivity index (χ1) is 12.3. The molecule has 1 aromatic carbocycles. The van der Waals surface area contributed by atoms with E-state index in [2.05, 4.69) is 20.3 Å². The van der Waals surface area contributed by atoms with E-state index in [-0.39, 0.29) is 11.5 Å². The van der Waals surface area contributed by atoms with Gasteiger partial charge < -0.3 is 4.74 Å². The molecular weight excluding hydrogens is 320 g/mol. The minimum atomic E-state index is -0.255. The van der Waals surface area contributed by atoms with Crippen molar-refractivity contribution in [3.8, 4) is 0 Å². The van der Waals surface area contributed by atoms with Crippen LogP contribution in [0.15, 0.2) is 64.1 Å². The van der Waals surface area contributed by atoms with Crippen LogP contribution in [0.4, 0.5) is 5.69 Å². The molecule has 25 heavy (non-hydrogen) atoms. The molecule has 0 spiro atoms. The molecule has 5 rings (SSSR count). The van der Waals surface area contributed by atoms with Crippen LogP contribution in [0.3, 0.4) is 0 Å². The molecule has 3 heterocycles. The zero-order valence-corrected chi connectivity index (χ0v) is 12.8. The summed E-state index contributed by atoms with van der Waals surface area (Å²) < 4.78 is 10.4. The molecule has 0 N–H and O–H groups in total. The molecule has 0 bridgehead atoms. The van der Waals surface area contributed by atoms with Gasteiger partial charge in [-0.1, -0.05) is 30.3 Å². The number of carbonyl (C=O) groups is 1. The smallest absolute Gasteiger partial charge is 0.246 e. The Balaban J connectivity index is 1.48. The average Bonchev–Trinajstić information content (AvgIpc) is 3.26. The Hall–Kier alpha value is -3.61. The number of ketones is 1. The van der Waals surface area contributed by atoms with Crippen LogP contribution in [-0.2, 0) is 16.1 Å². The Morgan fingerprint density at radius 1 is 1.08 bits per heavy atom. The molecule has 120 valence electrons. The number of hydrogen-bond donors (Lipinski definition) is 0. The summed E-state index contributed by atoms with van der Waals surface area (Å²) in [6, 6.07) is 9.67. The van der Waals surface area contributed by atoms with Gasteiger partial charge in [0.2, 0.25) is 11.4 Å². The largest absolute Gasteiger partial charge is 0.485 e. The van der Waals surface area contributed by atoms with Crippen molar-refractivity contribution in [1.29, 1.82) is 0 Å². The van der Waals surface area contributed by atoms with Crippen LogP contribution in [0.25, 0.3) is 16.7 Å². The van der Waals surface area contributed by atoms with Gasteiger partial charge in [0.1, 0.15) is 18.0 Å². The summed E-state index contributed by atoms with van der Waals surface area (Å²) in [5.41, 5.74) is 4.14. The second-order valence-electron chi connectivity index (χ2n) is 5.63. The van der Waals surface area contributed by atoms with Crippen LogP contribution in [-0.4, -0.2) is 26.8 Å². The minimum absolute atomic E-state index is 0.255.